The van der Waals surface area contributed by atoms with E-state index in [-0.39, 0.29) is 5.56 Å². The van der Waals surface area contributed by atoms with Crippen LogP contribution in [-0.4, -0.2) is 10.9 Å². The number of hydrogen-bond donors (Lipinski definition) is 1. The molecule has 0 atom stereocenters. The summed E-state index contributed by atoms with van der Waals surface area (Å²) in [6.45, 7) is 1.83. The molecule has 0 bridgehead atoms. The lowest BCUT2D eigenvalue weighted by Gasteiger charge is -2.08. The first-order chi connectivity index (χ1) is 9.77. The Hall–Kier alpha value is -1.89. The van der Waals surface area contributed by atoms with E-state index in [0.717, 1.165) is 34.3 Å². The van der Waals surface area contributed by atoms with Crippen LogP contribution in [0.5, 0.6) is 0 Å². The number of aryl methyl sites for hydroxylation is 1. The van der Waals surface area contributed by atoms with Crippen molar-refractivity contribution < 1.29 is 18.0 Å². The third kappa shape index (κ3) is 3.81. The number of amides is 1. The fraction of sp³-hybridized carbons (Fsp3) is 0.143. The van der Waals surface area contributed by atoms with Crippen molar-refractivity contribution >= 4 is 27.7 Å². The van der Waals surface area contributed by atoms with Crippen molar-refractivity contribution in [1.82, 2.24) is 4.98 Å². The van der Waals surface area contributed by atoms with Crippen LogP contribution >= 0.6 is 15.9 Å². The van der Waals surface area contributed by atoms with Gasteiger partial charge in [-0.1, -0.05) is 0 Å². The summed E-state index contributed by atoms with van der Waals surface area (Å²) in [5.41, 5.74) is 0.217. The lowest BCUT2D eigenvalue weighted by atomic mass is 10.1. The molecule has 0 saturated heterocycles. The lowest BCUT2D eigenvalue weighted by Crippen LogP contribution is -2.13. The van der Waals surface area contributed by atoms with Gasteiger partial charge >= 0.3 is 6.18 Å². The van der Waals surface area contributed by atoms with Crippen molar-refractivity contribution in [2.45, 2.75) is 13.1 Å². The van der Waals surface area contributed by atoms with Crippen molar-refractivity contribution in [2.75, 3.05) is 5.32 Å². The van der Waals surface area contributed by atoms with Crippen LogP contribution in [0.25, 0.3) is 0 Å². The fourth-order valence-corrected chi connectivity index (χ4v) is 1.82. The standard InChI is InChI=1S/C14H10BrF3N2O/c1-8-6-12(19-7-11(8)15)20-13(21)9-2-4-10(5-3-9)14(16,17)18/h2-7H,1H3,(H,19,20,21). The van der Waals surface area contributed by atoms with E-state index in [1.54, 1.807) is 6.07 Å². The van der Waals surface area contributed by atoms with Gasteiger partial charge in [-0.25, -0.2) is 4.98 Å². The SMILES string of the molecule is Cc1cc(NC(=O)c2ccc(C(F)(F)F)cc2)ncc1Br. The van der Waals surface area contributed by atoms with E-state index < -0.39 is 17.6 Å². The van der Waals surface area contributed by atoms with Gasteiger partial charge in [0.25, 0.3) is 5.91 Å². The number of aromatic nitrogens is 1. The van der Waals surface area contributed by atoms with Crippen molar-refractivity contribution in [3.63, 3.8) is 0 Å². The molecule has 0 fully saturated rings. The zero-order valence-corrected chi connectivity index (χ0v) is 12.4. The number of alkyl halides is 3. The Morgan fingerprint density at radius 2 is 1.86 bits per heavy atom. The maximum Gasteiger partial charge on any atom is 0.416 e. The molecular weight excluding hydrogens is 349 g/mol. The number of halogens is 4. The highest BCUT2D eigenvalue weighted by atomic mass is 79.9. The summed E-state index contributed by atoms with van der Waals surface area (Å²) in [7, 11) is 0. The minimum atomic E-state index is -4.42. The molecule has 0 aliphatic rings. The Morgan fingerprint density at radius 1 is 1.24 bits per heavy atom. The number of nitrogens with one attached hydrogen (secondary N) is 1. The average molecular weight is 359 g/mol. The molecular formula is C14H10BrF3N2O. The van der Waals surface area contributed by atoms with Crippen molar-refractivity contribution in [1.29, 1.82) is 0 Å². The highest BCUT2D eigenvalue weighted by molar-refractivity contribution is 9.10. The average Bonchev–Trinajstić information content (AvgIpc) is 2.42. The van der Waals surface area contributed by atoms with Gasteiger partial charge in [0.2, 0.25) is 0 Å². The van der Waals surface area contributed by atoms with E-state index in [1.807, 2.05) is 6.92 Å². The molecule has 0 radical (unpaired) electrons. The second-order valence-corrected chi connectivity index (χ2v) is 5.20. The first-order valence-corrected chi connectivity index (χ1v) is 6.67. The van der Waals surface area contributed by atoms with Gasteiger partial charge in [-0.05, 0) is 58.7 Å². The zero-order chi connectivity index (χ0) is 15.6. The van der Waals surface area contributed by atoms with Gasteiger partial charge in [0.1, 0.15) is 5.82 Å². The number of rotatable bonds is 2. The second kappa shape index (κ2) is 5.85. The maximum absolute atomic E-state index is 12.4. The molecule has 0 saturated carbocycles. The maximum atomic E-state index is 12.4. The highest BCUT2D eigenvalue weighted by Gasteiger charge is 2.30. The van der Waals surface area contributed by atoms with Gasteiger partial charge in [0.05, 0.1) is 5.56 Å². The summed E-state index contributed by atoms with van der Waals surface area (Å²) in [5.74, 6) is -0.182. The van der Waals surface area contributed by atoms with Crippen molar-refractivity contribution in [3.8, 4) is 0 Å². The van der Waals surface area contributed by atoms with Crippen LogP contribution in [0.15, 0.2) is 41.0 Å². The van der Waals surface area contributed by atoms with E-state index in [9.17, 15) is 18.0 Å². The van der Waals surface area contributed by atoms with Crippen LogP contribution in [0.2, 0.25) is 0 Å². The smallest absolute Gasteiger partial charge is 0.307 e. The number of benzene rings is 1. The molecule has 0 unspecified atom stereocenters. The molecule has 0 aliphatic heterocycles. The minimum Gasteiger partial charge on any atom is -0.307 e. The van der Waals surface area contributed by atoms with E-state index in [1.165, 1.54) is 6.20 Å². The Bertz CT molecular complexity index is 669. The predicted molar refractivity (Wildman–Crippen MR) is 76.1 cm³/mol. The van der Waals surface area contributed by atoms with Gasteiger partial charge < -0.3 is 5.32 Å². The number of pyridine rings is 1. The summed E-state index contributed by atoms with van der Waals surface area (Å²) < 4.78 is 38.1. The second-order valence-electron chi connectivity index (χ2n) is 4.35. The summed E-state index contributed by atoms with van der Waals surface area (Å²) >= 11 is 3.29. The molecule has 7 heteroatoms. The van der Waals surface area contributed by atoms with E-state index in [4.69, 9.17) is 0 Å². The molecule has 21 heavy (non-hydrogen) atoms. The Morgan fingerprint density at radius 3 is 2.38 bits per heavy atom. The van der Waals surface area contributed by atoms with Gasteiger partial charge in [-0.2, -0.15) is 13.2 Å². The number of hydrogen-bond acceptors (Lipinski definition) is 2. The predicted octanol–water partition coefficient (Wildman–Crippen LogP) is 4.42. The molecule has 1 aromatic carbocycles. The van der Waals surface area contributed by atoms with Gasteiger partial charge in [-0.3, -0.25) is 4.79 Å². The monoisotopic (exact) mass is 358 g/mol. The normalized spacial score (nSPS) is 11.3. The molecule has 1 N–H and O–H groups in total. The zero-order valence-electron chi connectivity index (χ0n) is 10.8. The van der Waals surface area contributed by atoms with E-state index in [2.05, 4.69) is 26.2 Å². The van der Waals surface area contributed by atoms with Crippen molar-refractivity contribution in [3.05, 3.63) is 57.7 Å². The minimum absolute atomic E-state index is 0.130. The third-order valence-electron chi connectivity index (χ3n) is 2.76. The van der Waals surface area contributed by atoms with E-state index in [0.29, 0.717) is 5.82 Å². The van der Waals surface area contributed by atoms with Crippen LogP contribution in [0, 0.1) is 6.92 Å². The molecule has 110 valence electrons. The number of carbonyl (C=O) groups excluding carboxylic acids is 1. The van der Waals surface area contributed by atoms with E-state index >= 15 is 0 Å². The summed E-state index contributed by atoms with van der Waals surface area (Å²) in [4.78, 5) is 15.9. The van der Waals surface area contributed by atoms with Crippen LogP contribution in [0.3, 0.4) is 0 Å². The largest absolute Gasteiger partial charge is 0.416 e. The lowest BCUT2D eigenvalue weighted by molar-refractivity contribution is -0.137. The molecule has 3 nitrogen and oxygen atoms in total. The Balaban J connectivity index is 2.15. The molecule has 0 spiro atoms. The van der Waals surface area contributed by atoms with Crippen LogP contribution in [0.1, 0.15) is 21.5 Å². The van der Waals surface area contributed by atoms with Crippen LogP contribution in [0.4, 0.5) is 19.0 Å². The fourth-order valence-electron chi connectivity index (χ4n) is 1.61. The molecule has 1 heterocycles. The van der Waals surface area contributed by atoms with Crippen LogP contribution in [-0.2, 0) is 6.18 Å². The Labute approximate surface area is 127 Å². The number of anilines is 1. The first-order valence-electron chi connectivity index (χ1n) is 5.88. The topological polar surface area (TPSA) is 42.0 Å². The molecule has 0 aliphatic carbocycles. The van der Waals surface area contributed by atoms with Gasteiger partial charge in [0, 0.05) is 16.2 Å². The summed E-state index contributed by atoms with van der Waals surface area (Å²) in [5, 5.41) is 2.53. The summed E-state index contributed by atoms with van der Waals surface area (Å²) in [6.07, 6.45) is -2.88. The third-order valence-corrected chi connectivity index (χ3v) is 3.59. The molecule has 1 aromatic heterocycles. The van der Waals surface area contributed by atoms with Crippen LogP contribution < -0.4 is 5.32 Å². The quantitative estimate of drug-likeness (QED) is 0.862. The number of carbonyl (C=O) groups is 1. The van der Waals surface area contributed by atoms with Gasteiger partial charge in [0.15, 0.2) is 0 Å². The molecule has 2 rings (SSSR count). The van der Waals surface area contributed by atoms with Gasteiger partial charge in [-0.15, -0.1) is 0 Å². The highest BCUT2D eigenvalue weighted by Crippen LogP contribution is 2.29. The number of nitrogens with zero attached hydrogens (tertiary/aromatic N) is 1. The molecule has 1 amide bonds. The first kappa shape index (κ1) is 15.5. The molecule has 2 aromatic rings. The Kier molecular flexibility index (Phi) is 4.32. The summed E-state index contributed by atoms with van der Waals surface area (Å²) in [6, 6.07) is 5.66. The van der Waals surface area contributed by atoms with Crippen molar-refractivity contribution in [2.24, 2.45) is 0 Å².